The third-order valence-corrected chi connectivity index (χ3v) is 6.72. The van der Waals surface area contributed by atoms with Gasteiger partial charge < -0.3 is 14.5 Å². The third kappa shape index (κ3) is 3.68. The van der Waals surface area contributed by atoms with E-state index in [0.29, 0.717) is 35.3 Å². The van der Waals surface area contributed by atoms with Crippen molar-refractivity contribution in [2.45, 2.75) is 32.6 Å². The number of fused-ring (bicyclic) bond motifs is 1. The highest BCUT2D eigenvalue weighted by atomic mass is 32.2. The van der Waals surface area contributed by atoms with E-state index < -0.39 is 0 Å². The third-order valence-electron chi connectivity index (χ3n) is 5.61. The first-order valence-electron chi connectivity index (χ1n) is 10.4. The Kier molecular flexibility index (Phi) is 5.16. The fourth-order valence-electron chi connectivity index (χ4n) is 4.35. The number of rotatable bonds is 2. The Balaban J connectivity index is 1.48. The molecule has 0 N–H and O–H groups in total. The summed E-state index contributed by atoms with van der Waals surface area (Å²) in [7, 11) is 0. The Morgan fingerprint density at radius 1 is 1.00 bits per heavy atom. The summed E-state index contributed by atoms with van der Waals surface area (Å²) < 4.78 is 5.80. The lowest BCUT2D eigenvalue weighted by atomic mass is 10.1. The second kappa shape index (κ2) is 7.98. The molecule has 0 saturated carbocycles. The van der Waals surface area contributed by atoms with Crippen molar-refractivity contribution in [1.82, 2.24) is 4.90 Å². The monoisotopic (exact) mass is 433 g/mol. The van der Waals surface area contributed by atoms with E-state index in [1.54, 1.807) is 4.90 Å². The quantitative estimate of drug-likeness (QED) is 0.676. The Bertz CT molecular complexity index is 1100. The zero-order chi connectivity index (χ0) is 21.5. The average molecular weight is 434 g/mol. The number of aliphatic imine (C=N–C) groups is 1. The fraction of sp³-hybridized carbons (Fsp3) is 0.292. The fourth-order valence-corrected chi connectivity index (χ4v) is 5.37. The molecule has 0 aliphatic carbocycles. The molecule has 0 unspecified atom stereocenters. The number of thioether (sulfide) groups is 1. The summed E-state index contributed by atoms with van der Waals surface area (Å²) in [5, 5.41) is 0.654. The summed E-state index contributed by atoms with van der Waals surface area (Å²) in [5.74, 6) is -0.493. The van der Waals surface area contributed by atoms with Gasteiger partial charge in [0.2, 0.25) is 0 Å². The Labute approximate surface area is 185 Å². The highest BCUT2D eigenvalue weighted by molar-refractivity contribution is 8.18. The molecule has 2 aromatic rings. The Hall–Kier alpha value is -2.90. The van der Waals surface area contributed by atoms with E-state index in [1.165, 1.54) is 11.8 Å². The molecular formula is C24H23N3O3S. The van der Waals surface area contributed by atoms with E-state index >= 15 is 0 Å². The summed E-state index contributed by atoms with van der Waals surface area (Å²) in [6.45, 7) is 5.84. The van der Waals surface area contributed by atoms with Gasteiger partial charge in [-0.05, 0) is 37.2 Å². The summed E-state index contributed by atoms with van der Waals surface area (Å²) in [6.07, 6.45) is 0.128. The first-order chi connectivity index (χ1) is 15.0. The number of para-hydroxylation sites is 1. The summed E-state index contributed by atoms with van der Waals surface area (Å²) in [6, 6.07) is 17.5. The molecule has 6 nitrogen and oxygen atoms in total. The van der Waals surface area contributed by atoms with Crippen LogP contribution < -0.4 is 4.90 Å². The Morgan fingerprint density at radius 3 is 2.42 bits per heavy atom. The molecule has 31 heavy (non-hydrogen) atoms. The number of carbonyl (C=O) groups is 2. The average Bonchev–Trinajstić information content (AvgIpc) is 3.26. The predicted molar refractivity (Wildman–Crippen MR) is 123 cm³/mol. The molecule has 3 aliphatic heterocycles. The van der Waals surface area contributed by atoms with Crippen molar-refractivity contribution < 1.29 is 14.3 Å². The number of amidine groups is 1. The largest absolute Gasteiger partial charge is 0.372 e. The van der Waals surface area contributed by atoms with Crippen LogP contribution in [-0.4, -0.2) is 47.2 Å². The molecule has 2 atom stereocenters. The molecule has 2 aromatic carbocycles. The van der Waals surface area contributed by atoms with Crippen LogP contribution in [0.2, 0.25) is 0 Å². The number of hydrogen-bond donors (Lipinski definition) is 0. The van der Waals surface area contributed by atoms with Crippen LogP contribution in [0.25, 0.3) is 5.57 Å². The number of ether oxygens (including phenoxy) is 1. The molecule has 5 rings (SSSR count). The summed E-state index contributed by atoms with van der Waals surface area (Å²) >= 11 is 1.31. The van der Waals surface area contributed by atoms with Gasteiger partial charge in [-0.15, -0.1) is 0 Å². The molecule has 3 heterocycles. The molecule has 158 valence electrons. The van der Waals surface area contributed by atoms with Gasteiger partial charge in [0.05, 0.1) is 34.9 Å². The molecule has 0 aromatic heterocycles. The van der Waals surface area contributed by atoms with Gasteiger partial charge in [0.15, 0.2) is 5.17 Å². The first-order valence-corrected chi connectivity index (χ1v) is 11.2. The minimum atomic E-state index is -0.341. The van der Waals surface area contributed by atoms with Crippen LogP contribution in [0.3, 0.4) is 0 Å². The SMILES string of the molecule is C[C@H]1CN(C2=NC(=O)/C(=C3/C(=O)N(Cc4ccccc4)c4ccccc43)S2)C[C@H](C)O1. The lowest BCUT2D eigenvalue weighted by molar-refractivity contribution is -0.115. The van der Waals surface area contributed by atoms with Crippen molar-refractivity contribution in [3.8, 4) is 0 Å². The van der Waals surface area contributed by atoms with Crippen LogP contribution >= 0.6 is 11.8 Å². The van der Waals surface area contributed by atoms with Gasteiger partial charge >= 0.3 is 0 Å². The number of benzene rings is 2. The van der Waals surface area contributed by atoms with Gasteiger partial charge in [0.1, 0.15) is 0 Å². The second-order valence-electron chi connectivity index (χ2n) is 8.06. The van der Waals surface area contributed by atoms with Crippen molar-refractivity contribution in [2.24, 2.45) is 4.99 Å². The maximum Gasteiger partial charge on any atom is 0.287 e. The number of amides is 2. The first kappa shape index (κ1) is 20.0. The standard InChI is InChI=1S/C24H23N3O3S/c1-15-12-26(13-16(2)30-15)24-25-22(28)21(31-24)20-18-10-6-7-11-19(18)27(23(20)29)14-17-8-4-3-5-9-17/h3-11,15-16H,12-14H2,1-2H3/b21-20-/t15-,16-/m0/s1. The molecule has 0 spiro atoms. The lowest BCUT2D eigenvalue weighted by Gasteiger charge is -2.35. The maximum absolute atomic E-state index is 13.5. The van der Waals surface area contributed by atoms with E-state index in [-0.39, 0.29) is 24.0 Å². The van der Waals surface area contributed by atoms with Crippen LogP contribution in [0.15, 0.2) is 64.5 Å². The van der Waals surface area contributed by atoms with Gasteiger partial charge in [0, 0.05) is 18.7 Å². The smallest absolute Gasteiger partial charge is 0.287 e. The van der Waals surface area contributed by atoms with Gasteiger partial charge in [-0.25, -0.2) is 0 Å². The molecule has 1 saturated heterocycles. The molecule has 2 amide bonds. The van der Waals surface area contributed by atoms with Crippen LogP contribution in [0.5, 0.6) is 0 Å². The molecule has 0 bridgehead atoms. The minimum absolute atomic E-state index is 0.0639. The summed E-state index contributed by atoms with van der Waals surface area (Å²) in [5.41, 5.74) is 3.11. The van der Waals surface area contributed by atoms with Crippen molar-refractivity contribution in [1.29, 1.82) is 0 Å². The normalized spacial score (nSPS) is 25.8. The molecule has 3 aliphatic rings. The number of anilines is 1. The lowest BCUT2D eigenvalue weighted by Crippen LogP contribution is -2.47. The van der Waals surface area contributed by atoms with E-state index in [2.05, 4.69) is 9.89 Å². The number of hydrogen-bond acceptors (Lipinski definition) is 5. The molecule has 1 fully saturated rings. The van der Waals surface area contributed by atoms with E-state index in [4.69, 9.17) is 4.74 Å². The molecule has 0 radical (unpaired) electrons. The van der Waals surface area contributed by atoms with Crippen LogP contribution in [0.1, 0.15) is 25.0 Å². The molecule has 7 heteroatoms. The highest BCUT2D eigenvalue weighted by Gasteiger charge is 2.40. The van der Waals surface area contributed by atoms with Gasteiger partial charge in [-0.3, -0.25) is 9.59 Å². The van der Waals surface area contributed by atoms with Gasteiger partial charge in [0.25, 0.3) is 11.8 Å². The van der Waals surface area contributed by atoms with Crippen LogP contribution in [-0.2, 0) is 20.9 Å². The Morgan fingerprint density at radius 2 is 1.68 bits per heavy atom. The summed E-state index contributed by atoms with van der Waals surface area (Å²) in [4.78, 5) is 35.0. The topological polar surface area (TPSA) is 62.2 Å². The van der Waals surface area contributed by atoms with Crippen molar-refractivity contribution in [2.75, 3.05) is 18.0 Å². The predicted octanol–water partition coefficient (Wildman–Crippen LogP) is 3.68. The van der Waals surface area contributed by atoms with Crippen molar-refractivity contribution >= 4 is 40.0 Å². The van der Waals surface area contributed by atoms with Crippen LogP contribution in [0.4, 0.5) is 5.69 Å². The number of morpholine rings is 1. The maximum atomic E-state index is 13.5. The molecular weight excluding hydrogens is 410 g/mol. The highest BCUT2D eigenvalue weighted by Crippen LogP contribution is 2.44. The van der Waals surface area contributed by atoms with E-state index in [0.717, 1.165) is 16.8 Å². The van der Waals surface area contributed by atoms with Crippen LogP contribution in [0, 0.1) is 0 Å². The number of nitrogens with zero attached hydrogens (tertiary/aromatic N) is 3. The minimum Gasteiger partial charge on any atom is -0.372 e. The zero-order valence-corrected chi connectivity index (χ0v) is 18.3. The zero-order valence-electron chi connectivity index (χ0n) is 17.4. The van der Waals surface area contributed by atoms with Crippen molar-refractivity contribution in [3.05, 3.63) is 70.6 Å². The van der Waals surface area contributed by atoms with Gasteiger partial charge in [-0.2, -0.15) is 4.99 Å². The van der Waals surface area contributed by atoms with Gasteiger partial charge in [-0.1, -0.05) is 48.5 Å². The van der Waals surface area contributed by atoms with E-state index in [1.807, 2.05) is 68.4 Å². The van der Waals surface area contributed by atoms with E-state index in [9.17, 15) is 9.59 Å². The number of carbonyl (C=O) groups excluding carboxylic acids is 2. The second-order valence-corrected chi connectivity index (χ2v) is 9.04. The van der Waals surface area contributed by atoms with Crippen molar-refractivity contribution in [3.63, 3.8) is 0 Å².